The van der Waals surface area contributed by atoms with Gasteiger partial charge < -0.3 is 9.84 Å². The Balaban J connectivity index is 2.24. The van der Waals surface area contributed by atoms with E-state index in [9.17, 15) is 9.90 Å². The first-order chi connectivity index (χ1) is 14.4. The van der Waals surface area contributed by atoms with Crippen molar-refractivity contribution in [1.82, 2.24) is 0 Å². The topological polar surface area (TPSA) is 46.5 Å². The Labute approximate surface area is 185 Å². The molecule has 1 aromatic carbocycles. The number of aliphatic hydroxyl groups excluding tert-OH is 1. The molecule has 0 radical (unpaired) electrons. The van der Waals surface area contributed by atoms with Crippen LogP contribution in [0.3, 0.4) is 0 Å². The molecule has 30 heavy (non-hydrogen) atoms. The standard InChI is InChI=1S/C27H46O3/c1-5-6-7-8-9-10-11-12-16-20-24(27(2,3)4)25(28)21-17-22-30-26(29)23-18-14-13-15-19-23/h13-15,18-19,24-25,28H,5-12,16-17,20-22H2,1-4H3. The molecule has 0 fully saturated rings. The number of carbonyl (C=O) groups is 1. The van der Waals surface area contributed by atoms with E-state index in [4.69, 9.17) is 4.74 Å². The van der Waals surface area contributed by atoms with Crippen LogP contribution in [0.2, 0.25) is 0 Å². The second-order valence-electron chi connectivity index (χ2n) is 9.80. The molecule has 2 atom stereocenters. The van der Waals surface area contributed by atoms with Crippen molar-refractivity contribution in [2.24, 2.45) is 11.3 Å². The van der Waals surface area contributed by atoms with Crippen molar-refractivity contribution in [2.75, 3.05) is 6.61 Å². The van der Waals surface area contributed by atoms with Crippen LogP contribution >= 0.6 is 0 Å². The Kier molecular flexibility index (Phi) is 13.7. The lowest BCUT2D eigenvalue weighted by molar-refractivity contribution is 0.0201. The second-order valence-corrected chi connectivity index (χ2v) is 9.80. The van der Waals surface area contributed by atoms with Crippen molar-refractivity contribution in [3.8, 4) is 0 Å². The van der Waals surface area contributed by atoms with Gasteiger partial charge in [-0.15, -0.1) is 0 Å². The van der Waals surface area contributed by atoms with Crippen LogP contribution in [0.1, 0.15) is 115 Å². The molecule has 0 heterocycles. The first-order valence-electron chi connectivity index (χ1n) is 12.3. The number of aliphatic hydroxyl groups is 1. The molecule has 1 aromatic rings. The molecule has 0 aliphatic heterocycles. The van der Waals surface area contributed by atoms with Gasteiger partial charge in [-0.2, -0.15) is 0 Å². The van der Waals surface area contributed by atoms with Crippen molar-refractivity contribution in [3.05, 3.63) is 35.9 Å². The number of carbonyl (C=O) groups excluding carboxylic acids is 1. The molecule has 172 valence electrons. The molecule has 0 saturated carbocycles. The monoisotopic (exact) mass is 418 g/mol. The average Bonchev–Trinajstić information content (AvgIpc) is 2.72. The SMILES string of the molecule is CCCCCCCCCCCC(C(O)CCCOC(=O)c1ccccc1)C(C)(C)C. The largest absolute Gasteiger partial charge is 0.462 e. The fourth-order valence-electron chi connectivity index (χ4n) is 4.19. The molecule has 0 aromatic heterocycles. The lowest BCUT2D eigenvalue weighted by Gasteiger charge is -2.35. The highest BCUT2D eigenvalue weighted by Crippen LogP contribution is 2.34. The molecule has 1 rings (SSSR count). The summed E-state index contributed by atoms with van der Waals surface area (Å²) in [6, 6.07) is 9.07. The minimum atomic E-state index is -0.338. The van der Waals surface area contributed by atoms with Crippen LogP contribution in [0.4, 0.5) is 0 Å². The third-order valence-electron chi connectivity index (χ3n) is 6.08. The Morgan fingerprint density at radius 2 is 1.43 bits per heavy atom. The molecule has 0 aliphatic rings. The third kappa shape index (κ3) is 11.7. The van der Waals surface area contributed by atoms with E-state index in [0.717, 1.165) is 6.42 Å². The summed E-state index contributed by atoms with van der Waals surface area (Å²) in [6.07, 6.45) is 14.0. The lowest BCUT2D eigenvalue weighted by atomic mass is 9.73. The number of benzene rings is 1. The molecule has 0 aliphatic carbocycles. The van der Waals surface area contributed by atoms with E-state index in [-0.39, 0.29) is 23.4 Å². The molecule has 1 N–H and O–H groups in total. The van der Waals surface area contributed by atoms with Crippen LogP contribution in [0.25, 0.3) is 0 Å². The number of ether oxygens (including phenoxy) is 1. The number of esters is 1. The Hall–Kier alpha value is -1.35. The number of unbranched alkanes of at least 4 members (excludes halogenated alkanes) is 8. The van der Waals surface area contributed by atoms with E-state index < -0.39 is 0 Å². The Morgan fingerprint density at radius 1 is 0.867 bits per heavy atom. The fourth-order valence-corrected chi connectivity index (χ4v) is 4.19. The maximum absolute atomic E-state index is 12.0. The number of hydrogen-bond acceptors (Lipinski definition) is 3. The molecule has 3 nitrogen and oxygen atoms in total. The zero-order valence-corrected chi connectivity index (χ0v) is 20.0. The van der Waals surface area contributed by atoms with Gasteiger partial charge in [-0.25, -0.2) is 4.79 Å². The third-order valence-corrected chi connectivity index (χ3v) is 6.08. The maximum atomic E-state index is 12.0. The van der Waals surface area contributed by atoms with Gasteiger partial charge in [0.05, 0.1) is 18.3 Å². The predicted octanol–water partition coefficient (Wildman–Crippen LogP) is 7.57. The minimum Gasteiger partial charge on any atom is -0.462 e. The van der Waals surface area contributed by atoms with Crippen molar-refractivity contribution in [2.45, 2.75) is 111 Å². The summed E-state index contributed by atoms with van der Waals surface area (Å²) in [7, 11) is 0. The molecular formula is C27H46O3. The van der Waals surface area contributed by atoms with Crippen LogP contribution in [0, 0.1) is 11.3 Å². The van der Waals surface area contributed by atoms with E-state index >= 15 is 0 Å². The van der Waals surface area contributed by atoms with Crippen molar-refractivity contribution >= 4 is 5.97 Å². The van der Waals surface area contributed by atoms with E-state index in [2.05, 4.69) is 27.7 Å². The van der Waals surface area contributed by atoms with Crippen molar-refractivity contribution in [3.63, 3.8) is 0 Å². The molecule has 0 spiro atoms. The number of hydrogen-bond donors (Lipinski definition) is 1. The highest BCUT2D eigenvalue weighted by atomic mass is 16.5. The fraction of sp³-hybridized carbons (Fsp3) is 0.741. The Morgan fingerprint density at radius 3 is 2.00 bits per heavy atom. The van der Waals surface area contributed by atoms with Crippen LogP contribution in [-0.4, -0.2) is 23.8 Å². The summed E-state index contributed by atoms with van der Waals surface area (Å²) >= 11 is 0. The van der Waals surface area contributed by atoms with Crippen LogP contribution in [0.15, 0.2) is 30.3 Å². The van der Waals surface area contributed by atoms with E-state index in [0.29, 0.717) is 25.0 Å². The van der Waals surface area contributed by atoms with Gasteiger partial charge in [-0.1, -0.05) is 104 Å². The van der Waals surface area contributed by atoms with Crippen LogP contribution < -0.4 is 0 Å². The van der Waals surface area contributed by atoms with Crippen LogP contribution in [-0.2, 0) is 4.74 Å². The highest BCUT2D eigenvalue weighted by molar-refractivity contribution is 5.89. The van der Waals surface area contributed by atoms with Gasteiger partial charge >= 0.3 is 5.97 Å². The molecular weight excluding hydrogens is 372 g/mol. The highest BCUT2D eigenvalue weighted by Gasteiger charge is 2.30. The smallest absolute Gasteiger partial charge is 0.338 e. The molecule has 0 amide bonds. The first-order valence-corrected chi connectivity index (χ1v) is 12.3. The van der Waals surface area contributed by atoms with E-state index in [1.54, 1.807) is 12.1 Å². The maximum Gasteiger partial charge on any atom is 0.338 e. The van der Waals surface area contributed by atoms with Gasteiger partial charge in [-0.3, -0.25) is 0 Å². The van der Waals surface area contributed by atoms with Gasteiger partial charge in [0.2, 0.25) is 0 Å². The quantitative estimate of drug-likeness (QED) is 0.222. The minimum absolute atomic E-state index is 0.0836. The second kappa shape index (κ2) is 15.5. The molecule has 0 bridgehead atoms. The summed E-state index contributed by atoms with van der Waals surface area (Å²) in [5.74, 6) is -0.000894. The summed E-state index contributed by atoms with van der Waals surface area (Å²) in [5.41, 5.74) is 0.663. The normalized spacial score (nSPS) is 13.8. The average molecular weight is 419 g/mol. The number of rotatable bonds is 16. The zero-order chi connectivity index (χ0) is 22.2. The lowest BCUT2D eigenvalue weighted by Crippen LogP contribution is -2.32. The Bertz CT molecular complexity index is 547. The van der Waals surface area contributed by atoms with Crippen LogP contribution in [0.5, 0.6) is 0 Å². The van der Waals surface area contributed by atoms with Gasteiger partial charge in [0.25, 0.3) is 0 Å². The zero-order valence-electron chi connectivity index (χ0n) is 20.0. The summed E-state index contributed by atoms with van der Waals surface area (Å²) < 4.78 is 5.35. The van der Waals surface area contributed by atoms with Gasteiger partial charge in [-0.05, 0) is 42.7 Å². The van der Waals surface area contributed by atoms with E-state index in [1.807, 2.05) is 18.2 Å². The summed E-state index contributed by atoms with van der Waals surface area (Å²) in [5, 5.41) is 10.8. The summed E-state index contributed by atoms with van der Waals surface area (Å²) in [4.78, 5) is 12.0. The molecule has 2 unspecified atom stereocenters. The molecule has 0 saturated heterocycles. The first kappa shape index (κ1) is 26.7. The van der Waals surface area contributed by atoms with E-state index in [1.165, 1.54) is 57.8 Å². The summed E-state index contributed by atoms with van der Waals surface area (Å²) in [6.45, 7) is 9.30. The van der Waals surface area contributed by atoms with Gasteiger partial charge in [0.15, 0.2) is 0 Å². The predicted molar refractivity (Wildman–Crippen MR) is 127 cm³/mol. The van der Waals surface area contributed by atoms with Crippen molar-refractivity contribution in [1.29, 1.82) is 0 Å². The van der Waals surface area contributed by atoms with Gasteiger partial charge in [0.1, 0.15) is 0 Å². The molecule has 3 heteroatoms. The van der Waals surface area contributed by atoms with Gasteiger partial charge in [0, 0.05) is 0 Å². The van der Waals surface area contributed by atoms with Crippen molar-refractivity contribution < 1.29 is 14.6 Å².